The van der Waals surface area contributed by atoms with E-state index in [4.69, 9.17) is 0 Å². The Bertz CT molecular complexity index is 573. The second-order valence-electron chi connectivity index (χ2n) is 4.50. The maximum Gasteiger partial charge on any atom is 0.251 e. The molecular weight excluding hydrogens is 336 g/mol. The van der Waals surface area contributed by atoms with E-state index in [1.165, 1.54) is 19.8 Å². The first-order valence-electron chi connectivity index (χ1n) is 6.36. The van der Waals surface area contributed by atoms with E-state index in [1.807, 2.05) is 24.3 Å². The summed E-state index contributed by atoms with van der Waals surface area (Å²) in [6.07, 6.45) is 0. The molecule has 1 aromatic heterocycles. The molecule has 0 radical (unpaired) electrons. The van der Waals surface area contributed by atoms with E-state index >= 15 is 0 Å². The number of benzene rings is 1. The van der Waals surface area contributed by atoms with Crippen molar-refractivity contribution in [2.45, 2.75) is 20.0 Å². The maximum absolute atomic E-state index is 11.4. The fourth-order valence-corrected chi connectivity index (χ4v) is 3.42. The summed E-state index contributed by atoms with van der Waals surface area (Å²) >= 11 is 5.32. The van der Waals surface area contributed by atoms with Crippen LogP contribution in [0.4, 0.5) is 0 Å². The second kappa shape index (κ2) is 7.02. The molecule has 0 fully saturated rings. The third-order valence-electron chi connectivity index (χ3n) is 2.98. The van der Waals surface area contributed by atoms with Crippen molar-refractivity contribution in [2.75, 3.05) is 7.05 Å². The molecule has 0 aliphatic carbocycles. The first kappa shape index (κ1) is 15.2. The summed E-state index contributed by atoms with van der Waals surface area (Å²) in [5.41, 5.74) is 1.86. The minimum absolute atomic E-state index is 0.0524. The lowest BCUT2D eigenvalue weighted by atomic mass is 10.1. The largest absolute Gasteiger partial charge is 0.355 e. The first-order chi connectivity index (χ1) is 9.60. The fraction of sp³-hybridized carbons (Fsp3) is 0.267. The van der Waals surface area contributed by atoms with Crippen LogP contribution in [0.1, 0.15) is 25.7 Å². The standard InChI is InChI=1S/C15H17BrN2OS/c1-10-14(16)7-13(20-10)9-18-8-11-3-5-12(6-4-11)15(19)17-2/h3-7,18H,8-9H2,1-2H3,(H,17,19). The molecule has 0 spiro atoms. The molecule has 3 nitrogen and oxygen atoms in total. The van der Waals surface area contributed by atoms with Crippen LogP contribution in [0.2, 0.25) is 0 Å². The summed E-state index contributed by atoms with van der Waals surface area (Å²) in [6.45, 7) is 3.76. The van der Waals surface area contributed by atoms with Crippen molar-refractivity contribution in [1.82, 2.24) is 10.6 Å². The topological polar surface area (TPSA) is 41.1 Å². The molecule has 20 heavy (non-hydrogen) atoms. The van der Waals surface area contributed by atoms with Gasteiger partial charge in [0.1, 0.15) is 0 Å². The Kier molecular flexibility index (Phi) is 5.34. The quantitative estimate of drug-likeness (QED) is 0.864. The number of carbonyl (C=O) groups excluding carboxylic acids is 1. The van der Waals surface area contributed by atoms with Gasteiger partial charge in [-0.25, -0.2) is 0 Å². The molecule has 5 heteroatoms. The van der Waals surface area contributed by atoms with Crippen LogP contribution < -0.4 is 10.6 Å². The van der Waals surface area contributed by atoms with Crippen molar-refractivity contribution in [3.05, 3.63) is 55.7 Å². The van der Waals surface area contributed by atoms with Crippen LogP contribution in [0, 0.1) is 6.92 Å². The number of amides is 1. The van der Waals surface area contributed by atoms with Gasteiger partial charge in [0, 0.05) is 39.9 Å². The number of aryl methyl sites for hydroxylation is 1. The van der Waals surface area contributed by atoms with Crippen LogP contribution in [0.5, 0.6) is 0 Å². The van der Waals surface area contributed by atoms with Gasteiger partial charge in [-0.15, -0.1) is 11.3 Å². The van der Waals surface area contributed by atoms with Crippen LogP contribution in [0.3, 0.4) is 0 Å². The predicted octanol–water partition coefficient (Wildman–Crippen LogP) is 3.47. The maximum atomic E-state index is 11.4. The van der Waals surface area contributed by atoms with E-state index in [1.54, 1.807) is 18.4 Å². The fourth-order valence-electron chi connectivity index (χ4n) is 1.85. The third kappa shape index (κ3) is 3.91. The Labute approximate surface area is 131 Å². The average molecular weight is 353 g/mol. The Hall–Kier alpha value is -1.17. The van der Waals surface area contributed by atoms with Gasteiger partial charge in [0.2, 0.25) is 0 Å². The minimum Gasteiger partial charge on any atom is -0.355 e. The van der Waals surface area contributed by atoms with Gasteiger partial charge in [-0.2, -0.15) is 0 Å². The van der Waals surface area contributed by atoms with Crippen molar-refractivity contribution in [2.24, 2.45) is 0 Å². The van der Waals surface area contributed by atoms with Crippen molar-refractivity contribution in [3.63, 3.8) is 0 Å². The van der Waals surface area contributed by atoms with Crippen molar-refractivity contribution < 1.29 is 4.79 Å². The van der Waals surface area contributed by atoms with E-state index in [-0.39, 0.29) is 5.91 Å². The van der Waals surface area contributed by atoms with Crippen LogP contribution in [0.25, 0.3) is 0 Å². The van der Waals surface area contributed by atoms with Gasteiger partial charge in [0.25, 0.3) is 5.91 Å². The van der Waals surface area contributed by atoms with Gasteiger partial charge in [-0.1, -0.05) is 12.1 Å². The van der Waals surface area contributed by atoms with E-state index in [2.05, 4.69) is 39.6 Å². The summed E-state index contributed by atoms with van der Waals surface area (Å²) in [5.74, 6) is -0.0524. The smallest absolute Gasteiger partial charge is 0.251 e. The van der Waals surface area contributed by atoms with Gasteiger partial charge in [0.05, 0.1) is 0 Å². The molecule has 0 unspecified atom stereocenters. The summed E-state index contributed by atoms with van der Waals surface area (Å²) in [4.78, 5) is 14.0. The molecule has 0 saturated heterocycles. The van der Waals surface area contributed by atoms with E-state index in [0.717, 1.165) is 13.1 Å². The third-order valence-corrected chi connectivity index (χ3v) is 5.12. The Morgan fingerprint density at radius 1 is 1.25 bits per heavy atom. The Morgan fingerprint density at radius 2 is 1.95 bits per heavy atom. The molecule has 1 aromatic carbocycles. The first-order valence-corrected chi connectivity index (χ1v) is 7.97. The van der Waals surface area contributed by atoms with Crippen LogP contribution in [0.15, 0.2) is 34.8 Å². The highest BCUT2D eigenvalue weighted by Crippen LogP contribution is 2.26. The summed E-state index contributed by atoms with van der Waals surface area (Å²) in [6, 6.07) is 9.81. The highest BCUT2D eigenvalue weighted by Gasteiger charge is 2.04. The Balaban J connectivity index is 1.86. The van der Waals surface area contributed by atoms with Gasteiger partial charge >= 0.3 is 0 Å². The van der Waals surface area contributed by atoms with Gasteiger partial charge in [-0.3, -0.25) is 4.79 Å². The number of hydrogen-bond donors (Lipinski definition) is 2. The number of carbonyl (C=O) groups is 1. The van der Waals surface area contributed by atoms with Crippen LogP contribution in [-0.4, -0.2) is 13.0 Å². The molecule has 1 amide bonds. The van der Waals surface area contributed by atoms with E-state index in [9.17, 15) is 4.79 Å². The lowest BCUT2D eigenvalue weighted by Crippen LogP contribution is -2.18. The van der Waals surface area contributed by atoms with E-state index < -0.39 is 0 Å². The molecule has 2 N–H and O–H groups in total. The number of nitrogens with one attached hydrogen (secondary N) is 2. The number of hydrogen-bond acceptors (Lipinski definition) is 3. The number of rotatable bonds is 5. The van der Waals surface area contributed by atoms with Gasteiger partial charge in [-0.05, 0) is 46.6 Å². The molecule has 0 saturated carbocycles. The van der Waals surface area contributed by atoms with Crippen LogP contribution in [-0.2, 0) is 13.1 Å². The normalized spacial score (nSPS) is 10.6. The van der Waals surface area contributed by atoms with Gasteiger partial charge in [0.15, 0.2) is 0 Å². The van der Waals surface area contributed by atoms with Crippen molar-refractivity contribution >= 4 is 33.2 Å². The second-order valence-corrected chi connectivity index (χ2v) is 6.69. The molecule has 0 aliphatic rings. The highest BCUT2D eigenvalue weighted by molar-refractivity contribution is 9.10. The molecule has 2 rings (SSSR count). The minimum atomic E-state index is -0.0524. The molecule has 0 atom stereocenters. The van der Waals surface area contributed by atoms with Crippen molar-refractivity contribution in [3.8, 4) is 0 Å². The van der Waals surface area contributed by atoms with Crippen LogP contribution >= 0.6 is 27.3 Å². The lowest BCUT2D eigenvalue weighted by Gasteiger charge is -2.05. The van der Waals surface area contributed by atoms with Crippen molar-refractivity contribution in [1.29, 1.82) is 0 Å². The molecular formula is C15H17BrN2OS. The zero-order valence-corrected chi connectivity index (χ0v) is 13.9. The van der Waals surface area contributed by atoms with E-state index in [0.29, 0.717) is 5.56 Å². The number of halogens is 1. The molecule has 2 aromatic rings. The zero-order valence-electron chi connectivity index (χ0n) is 11.5. The summed E-state index contributed by atoms with van der Waals surface area (Å²) < 4.78 is 1.18. The highest BCUT2D eigenvalue weighted by atomic mass is 79.9. The zero-order chi connectivity index (χ0) is 14.5. The summed E-state index contributed by atoms with van der Waals surface area (Å²) in [7, 11) is 1.64. The molecule has 106 valence electrons. The SMILES string of the molecule is CNC(=O)c1ccc(CNCc2cc(Br)c(C)s2)cc1. The predicted molar refractivity (Wildman–Crippen MR) is 87.1 cm³/mol. The lowest BCUT2D eigenvalue weighted by molar-refractivity contribution is 0.0963. The Morgan fingerprint density at radius 3 is 2.50 bits per heavy atom. The van der Waals surface area contributed by atoms with Gasteiger partial charge < -0.3 is 10.6 Å². The average Bonchev–Trinajstić information content (AvgIpc) is 2.77. The number of thiophene rings is 1. The molecule has 0 aliphatic heterocycles. The molecule has 1 heterocycles. The molecule has 0 bridgehead atoms. The monoisotopic (exact) mass is 352 g/mol. The summed E-state index contributed by atoms with van der Waals surface area (Å²) in [5, 5.41) is 6.03.